The monoisotopic (exact) mass is 278 g/mol. The SMILES string of the molecule is CC(N)Cc1cccc(F)c1N1CCOC2CCCC21. The maximum absolute atomic E-state index is 14.4. The summed E-state index contributed by atoms with van der Waals surface area (Å²) in [4.78, 5) is 2.23. The second kappa shape index (κ2) is 5.70. The number of nitrogens with two attached hydrogens (primary N) is 1. The Morgan fingerprint density at radius 2 is 2.30 bits per heavy atom. The van der Waals surface area contributed by atoms with Gasteiger partial charge in [0.25, 0.3) is 0 Å². The predicted molar refractivity (Wildman–Crippen MR) is 78.5 cm³/mol. The van der Waals surface area contributed by atoms with E-state index in [1.54, 1.807) is 12.1 Å². The number of hydrogen-bond donors (Lipinski definition) is 1. The van der Waals surface area contributed by atoms with E-state index in [9.17, 15) is 4.39 Å². The van der Waals surface area contributed by atoms with Gasteiger partial charge in [-0.1, -0.05) is 12.1 Å². The summed E-state index contributed by atoms with van der Waals surface area (Å²) in [7, 11) is 0. The van der Waals surface area contributed by atoms with Crippen LogP contribution in [-0.2, 0) is 11.2 Å². The first-order chi connectivity index (χ1) is 9.66. The van der Waals surface area contributed by atoms with Crippen LogP contribution in [-0.4, -0.2) is 31.3 Å². The number of halogens is 1. The highest BCUT2D eigenvalue weighted by atomic mass is 19.1. The largest absolute Gasteiger partial charge is 0.374 e. The molecule has 1 aromatic carbocycles. The Morgan fingerprint density at radius 1 is 1.45 bits per heavy atom. The molecule has 1 aliphatic heterocycles. The number of morpholine rings is 1. The number of para-hydroxylation sites is 1. The number of nitrogens with zero attached hydrogens (tertiary/aromatic N) is 1. The van der Waals surface area contributed by atoms with Crippen molar-refractivity contribution in [3.8, 4) is 0 Å². The molecule has 4 heteroatoms. The molecule has 3 rings (SSSR count). The zero-order valence-electron chi connectivity index (χ0n) is 12.0. The van der Waals surface area contributed by atoms with Crippen LogP contribution in [0.1, 0.15) is 31.7 Å². The second-order valence-electron chi connectivity index (χ2n) is 6.03. The fourth-order valence-electron chi connectivity index (χ4n) is 3.60. The molecule has 3 nitrogen and oxygen atoms in total. The van der Waals surface area contributed by atoms with Crippen molar-refractivity contribution in [1.29, 1.82) is 0 Å². The number of fused-ring (bicyclic) bond motifs is 1. The second-order valence-corrected chi connectivity index (χ2v) is 6.03. The Bertz CT molecular complexity index is 478. The van der Waals surface area contributed by atoms with Crippen LogP contribution in [0.15, 0.2) is 18.2 Å². The molecular formula is C16H23FN2O. The molecule has 3 atom stereocenters. The normalized spacial score (nSPS) is 27.4. The number of benzene rings is 1. The molecule has 1 aromatic rings. The third kappa shape index (κ3) is 2.54. The highest BCUT2D eigenvalue weighted by molar-refractivity contribution is 5.56. The van der Waals surface area contributed by atoms with E-state index >= 15 is 0 Å². The summed E-state index contributed by atoms with van der Waals surface area (Å²) in [5.74, 6) is -0.129. The molecule has 2 fully saturated rings. The first-order valence-corrected chi connectivity index (χ1v) is 7.58. The molecule has 0 bridgehead atoms. The molecule has 20 heavy (non-hydrogen) atoms. The van der Waals surface area contributed by atoms with E-state index in [0.29, 0.717) is 19.1 Å². The fraction of sp³-hybridized carbons (Fsp3) is 0.625. The third-order valence-electron chi connectivity index (χ3n) is 4.38. The van der Waals surface area contributed by atoms with Gasteiger partial charge in [0.1, 0.15) is 5.82 Å². The van der Waals surface area contributed by atoms with Crippen LogP contribution in [0.25, 0.3) is 0 Å². The minimum Gasteiger partial charge on any atom is -0.374 e. The lowest BCUT2D eigenvalue weighted by Crippen LogP contribution is -2.49. The Morgan fingerprint density at radius 3 is 3.10 bits per heavy atom. The summed E-state index contributed by atoms with van der Waals surface area (Å²) in [5, 5.41) is 0. The highest BCUT2D eigenvalue weighted by Gasteiger charge is 2.37. The van der Waals surface area contributed by atoms with Crippen molar-refractivity contribution < 1.29 is 9.13 Å². The van der Waals surface area contributed by atoms with Crippen molar-refractivity contribution >= 4 is 5.69 Å². The summed E-state index contributed by atoms with van der Waals surface area (Å²) >= 11 is 0. The lowest BCUT2D eigenvalue weighted by atomic mass is 10.0. The lowest BCUT2D eigenvalue weighted by molar-refractivity contribution is 0.0253. The lowest BCUT2D eigenvalue weighted by Gasteiger charge is -2.40. The summed E-state index contributed by atoms with van der Waals surface area (Å²) in [6.07, 6.45) is 4.34. The van der Waals surface area contributed by atoms with E-state index in [1.807, 2.05) is 13.0 Å². The van der Waals surface area contributed by atoms with E-state index < -0.39 is 0 Å². The van der Waals surface area contributed by atoms with E-state index in [-0.39, 0.29) is 18.0 Å². The fourth-order valence-corrected chi connectivity index (χ4v) is 3.60. The molecule has 2 N–H and O–H groups in total. The Labute approximate surface area is 119 Å². The number of rotatable bonds is 3. The van der Waals surface area contributed by atoms with Gasteiger partial charge >= 0.3 is 0 Å². The van der Waals surface area contributed by atoms with Gasteiger partial charge in [0.05, 0.1) is 24.4 Å². The number of anilines is 1. The van der Waals surface area contributed by atoms with Crippen LogP contribution in [0.5, 0.6) is 0 Å². The van der Waals surface area contributed by atoms with E-state index in [0.717, 1.165) is 30.6 Å². The van der Waals surface area contributed by atoms with Crippen LogP contribution in [0.3, 0.4) is 0 Å². The molecule has 2 aliphatic rings. The minimum atomic E-state index is -0.129. The summed E-state index contributed by atoms with van der Waals surface area (Å²) in [6.45, 7) is 3.42. The number of ether oxygens (including phenoxy) is 1. The van der Waals surface area contributed by atoms with E-state index in [4.69, 9.17) is 10.5 Å². The molecule has 0 radical (unpaired) electrons. The maximum Gasteiger partial charge on any atom is 0.146 e. The van der Waals surface area contributed by atoms with Crippen LogP contribution >= 0.6 is 0 Å². The summed E-state index contributed by atoms with van der Waals surface area (Å²) < 4.78 is 20.2. The molecule has 1 aliphatic carbocycles. The van der Waals surface area contributed by atoms with Gasteiger partial charge in [-0.15, -0.1) is 0 Å². The van der Waals surface area contributed by atoms with Gasteiger partial charge in [-0.2, -0.15) is 0 Å². The topological polar surface area (TPSA) is 38.5 Å². The van der Waals surface area contributed by atoms with Crippen molar-refractivity contribution in [2.75, 3.05) is 18.1 Å². The molecule has 110 valence electrons. The third-order valence-corrected chi connectivity index (χ3v) is 4.38. The molecule has 3 unspecified atom stereocenters. The first kappa shape index (κ1) is 13.8. The average molecular weight is 278 g/mol. The van der Waals surface area contributed by atoms with E-state index in [2.05, 4.69) is 4.90 Å². The average Bonchev–Trinajstić information content (AvgIpc) is 2.86. The number of hydrogen-bond acceptors (Lipinski definition) is 3. The smallest absolute Gasteiger partial charge is 0.146 e. The Hall–Kier alpha value is -1.13. The summed E-state index contributed by atoms with van der Waals surface area (Å²) in [5.41, 5.74) is 7.69. The van der Waals surface area contributed by atoms with Gasteiger partial charge in [-0.3, -0.25) is 0 Å². The molecule has 0 spiro atoms. The predicted octanol–water partition coefficient (Wildman–Crippen LogP) is 2.47. The Balaban J connectivity index is 1.95. The first-order valence-electron chi connectivity index (χ1n) is 7.58. The van der Waals surface area contributed by atoms with Gasteiger partial charge in [0, 0.05) is 12.6 Å². The molecule has 0 amide bonds. The van der Waals surface area contributed by atoms with Crippen LogP contribution in [0, 0.1) is 5.82 Å². The summed E-state index contributed by atoms with van der Waals surface area (Å²) in [6, 6.07) is 5.70. The Kier molecular flexibility index (Phi) is 3.94. The van der Waals surface area contributed by atoms with E-state index in [1.165, 1.54) is 6.42 Å². The van der Waals surface area contributed by atoms with Crippen LogP contribution in [0.2, 0.25) is 0 Å². The zero-order chi connectivity index (χ0) is 14.1. The standard InChI is InChI=1S/C16H23FN2O/c1-11(18)10-12-4-2-5-13(17)16(12)19-8-9-20-15-7-3-6-14(15)19/h2,4-5,11,14-15H,3,6-10,18H2,1H3. The molecule has 1 saturated heterocycles. The van der Waals surface area contributed by atoms with Crippen LogP contribution in [0.4, 0.5) is 10.1 Å². The van der Waals surface area contributed by atoms with Crippen molar-refractivity contribution in [3.05, 3.63) is 29.6 Å². The molecular weight excluding hydrogens is 255 g/mol. The molecule has 1 saturated carbocycles. The quantitative estimate of drug-likeness (QED) is 0.923. The van der Waals surface area contributed by atoms with Gasteiger partial charge < -0.3 is 15.4 Å². The van der Waals surface area contributed by atoms with Crippen molar-refractivity contribution in [2.24, 2.45) is 5.73 Å². The zero-order valence-corrected chi connectivity index (χ0v) is 12.0. The van der Waals surface area contributed by atoms with Gasteiger partial charge in [-0.25, -0.2) is 4.39 Å². The van der Waals surface area contributed by atoms with Crippen LogP contribution < -0.4 is 10.6 Å². The van der Waals surface area contributed by atoms with Crippen molar-refractivity contribution in [3.63, 3.8) is 0 Å². The van der Waals surface area contributed by atoms with Gasteiger partial charge in [-0.05, 0) is 44.2 Å². The van der Waals surface area contributed by atoms with Gasteiger partial charge in [0.2, 0.25) is 0 Å². The maximum atomic E-state index is 14.4. The highest BCUT2D eigenvalue weighted by Crippen LogP contribution is 2.36. The van der Waals surface area contributed by atoms with Gasteiger partial charge in [0.15, 0.2) is 0 Å². The minimum absolute atomic E-state index is 0.0379. The molecule has 1 heterocycles. The molecule has 0 aromatic heterocycles. The van der Waals surface area contributed by atoms with Crippen molar-refractivity contribution in [2.45, 2.75) is 50.8 Å². The van der Waals surface area contributed by atoms with Crippen molar-refractivity contribution in [1.82, 2.24) is 0 Å².